The van der Waals surface area contributed by atoms with Gasteiger partial charge < -0.3 is 10.2 Å². The Labute approximate surface area is 132 Å². The summed E-state index contributed by atoms with van der Waals surface area (Å²) in [5.41, 5.74) is 0.788. The van der Waals surface area contributed by atoms with Crippen molar-refractivity contribution >= 4 is 34.7 Å². The zero-order chi connectivity index (χ0) is 14.8. The molecule has 0 bridgehead atoms. The molecule has 1 aliphatic rings. The molecule has 0 unspecified atom stereocenters. The van der Waals surface area contributed by atoms with Crippen molar-refractivity contribution in [3.8, 4) is 0 Å². The van der Waals surface area contributed by atoms with E-state index in [9.17, 15) is 4.39 Å². The molecule has 2 aromatic rings. The first-order chi connectivity index (χ1) is 10.2. The number of rotatable bonds is 3. The van der Waals surface area contributed by atoms with Crippen molar-refractivity contribution in [3.63, 3.8) is 0 Å². The van der Waals surface area contributed by atoms with Crippen LogP contribution in [0.4, 0.5) is 15.9 Å². The highest BCUT2D eigenvalue weighted by Gasteiger charge is 2.26. The Morgan fingerprint density at radius 1 is 1.24 bits per heavy atom. The van der Waals surface area contributed by atoms with Crippen LogP contribution in [0, 0.1) is 5.82 Å². The van der Waals surface area contributed by atoms with E-state index in [1.54, 1.807) is 30.5 Å². The Balaban J connectivity index is 2.07. The van der Waals surface area contributed by atoms with E-state index in [2.05, 4.69) is 10.3 Å². The highest BCUT2D eigenvalue weighted by molar-refractivity contribution is 6.33. The first-order valence-electron chi connectivity index (χ1n) is 6.72. The maximum absolute atomic E-state index is 13.4. The molecule has 3 nitrogen and oxygen atoms in total. The van der Waals surface area contributed by atoms with E-state index >= 15 is 0 Å². The van der Waals surface area contributed by atoms with Crippen molar-refractivity contribution in [1.82, 2.24) is 10.3 Å². The van der Waals surface area contributed by atoms with Crippen LogP contribution in [-0.2, 0) is 0 Å². The van der Waals surface area contributed by atoms with Gasteiger partial charge in [0.2, 0.25) is 0 Å². The molecule has 0 radical (unpaired) electrons. The molecule has 1 aliphatic heterocycles. The summed E-state index contributed by atoms with van der Waals surface area (Å²) in [6.45, 7) is 1.75. The Hall–Kier alpha value is -1.36. The van der Waals surface area contributed by atoms with Crippen LogP contribution in [0.3, 0.4) is 0 Å². The van der Waals surface area contributed by atoms with E-state index in [1.807, 2.05) is 4.90 Å². The van der Waals surface area contributed by atoms with Crippen LogP contribution in [-0.4, -0.2) is 24.1 Å². The van der Waals surface area contributed by atoms with Crippen LogP contribution in [0.1, 0.15) is 6.42 Å². The third-order valence-electron chi connectivity index (χ3n) is 3.55. The summed E-state index contributed by atoms with van der Waals surface area (Å²) in [5, 5.41) is 3.97. The highest BCUT2D eigenvalue weighted by Crippen LogP contribution is 2.35. The number of hydrogen-bond donors (Lipinski definition) is 1. The molecule has 1 fully saturated rings. The van der Waals surface area contributed by atoms with Crippen molar-refractivity contribution in [2.24, 2.45) is 0 Å². The maximum atomic E-state index is 13.4. The number of hydrogen-bond acceptors (Lipinski definition) is 3. The van der Waals surface area contributed by atoms with Gasteiger partial charge in [-0.3, -0.25) is 0 Å². The van der Waals surface area contributed by atoms with Crippen molar-refractivity contribution in [1.29, 1.82) is 0 Å². The number of aromatic nitrogens is 1. The number of pyridine rings is 1. The lowest BCUT2D eigenvalue weighted by Crippen LogP contribution is -2.33. The van der Waals surface area contributed by atoms with Gasteiger partial charge in [-0.1, -0.05) is 23.2 Å². The molecule has 0 spiro atoms. The molecule has 3 rings (SSSR count). The van der Waals surface area contributed by atoms with Gasteiger partial charge in [-0.2, -0.15) is 0 Å². The van der Waals surface area contributed by atoms with E-state index in [4.69, 9.17) is 23.2 Å². The summed E-state index contributed by atoms with van der Waals surface area (Å²) in [6, 6.07) is 8.46. The molecule has 0 saturated carbocycles. The minimum atomic E-state index is -0.433. The number of nitrogens with one attached hydrogen (secondary N) is 1. The van der Waals surface area contributed by atoms with Gasteiger partial charge in [0.05, 0.1) is 10.0 Å². The minimum absolute atomic E-state index is 0.0931. The molecular formula is C15H14Cl2FN3. The molecule has 1 atom stereocenters. The smallest absolute Gasteiger partial charge is 0.152 e. The van der Waals surface area contributed by atoms with Gasteiger partial charge in [0.15, 0.2) is 5.82 Å². The van der Waals surface area contributed by atoms with E-state index < -0.39 is 5.82 Å². The molecule has 2 heterocycles. The maximum Gasteiger partial charge on any atom is 0.152 e. The van der Waals surface area contributed by atoms with Crippen LogP contribution in [0.25, 0.3) is 0 Å². The summed E-state index contributed by atoms with van der Waals surface area (Å²) in [7, 11) is 0. The largest absolute Gasteiger partial charge is 0.321 e. The van der Waals surface area contributed by atoms with Crippen molar-refractivity contribution in [2.45, 2.75) is 12.5 Å². The summed E-state index contributed by atoms with van der Waals surface area (Å²) < 4.78 is 13.4. The van der Waals surface area contributed by atoms with Gasteiger partial charge in [-0.25, -0.2) is 9.37 Å². The molecule has 110 valence electrons. The van der Waals surface area contributed by atoms with Gasteiger partial charge in [-0.15, -0.1) is 0 Å². The molecule has 1 aromatic carbocycles. The second-order valence-electron chi connectivity index (χ2n) is 4.92. The average molecular weight is 326 g/mol. The molecule has 0 aliphatic carbocycles. The Kier molecular flexibility index (Phi) is 4.29. The summed E-state index contributed by atoms with van der Waals surface area (Å²) in [6.07, 6.45) is 2.66. The van der Waals surface area contributed by atoms with Crippen LogP contribution >= 0.6 is 23.2 Å². The van der Waals surface area contributed by atoms with Gasteiger partial charge >= 0.3 is 0 Å². The zero-order valence-corrected chi connectivity index (χ0v) is 12.7. The van der Waals surface area contributed by atoms with Gasteiger partial charge in [0.25, 0.3) is 0 Å². The third-order valence-corrected chi connectivity index (χ3v) is 4.13. The molecule has 1 N–H and O–H groups in total. The third kappa shape index (κ3) is 2.98. The average Bonchev–Trinajstić information content (AvgIpc) is 2.99. The predicted octanol–water partition coefficient (Wildman–Crippen LogP) is 4.03. The minimum Gasteiger partial charge on any atom is -0.321 e. The Morgan fingerprint density at radius 2 is 2.10 bits per heavy atom. The SMILES string of the molecule is Fc1ccc(N(c2ncccc2Cl)[C@H]2CCNC2)cc1Cl. The summed E-state index contributed by atoms with van der Waals surface area (Å²) in [4.78, 5) is 6.40. The molecule has 6 heteroatoms. The fourth-order valence-electron chi connectivity index (χ4n) is 2.56. The molecule has 21 heavy (non-hydrogen) atoms. The van der Waals surface area contributed by atoms with Crippen molar-refractivity contribution in [2.75, 3.05) is 18.0 Å². The highest BCUT2D eigenvalue weighted by atomic mass is 35.5. The van der Waals surface area contributed by atoms with Crippen LogP contribution in [0.15, 0.2) is 36.5 Å². The first kappa shape index (κ1) is 14.6. The molecule has 0 amide bonds. The van der Waals surface area contributed by atoms with Crippen molar-refractivity contribution < 1.29 is 4.39 Å². The first-order valence-corrected chi connectivity index (χ1v) is 7.48. The predicted molar refractivity (Wildman–Crippen MR) is 84.1 cm³/mol. The summed E-state index contributed by atoms with van der Waals surface area (Å²) in [5.74, 6) is 0.229. The Bertz CT molecular complexity index is 645. The van der Waals surface area contributed by atoms with Crippen LogP contribution < -0.4 is 10.2 Å². The lowest BCUT2D eigenvalue weighted by molar-refractivity contribution is 0.627. The number of anilines is 2. The fraction of sp³-hybridized carbons (Fsp3) is 0.267. The normalized spacial score (nSPS) is 18.0. The van der Waals surface area contributed by atoms with Crippen LogP contribution in [0.5, 0.6) is 0 Å². The topological polar surface area (TPSA) is 28.2 Å². The van der Waals surface area contributed by atoms with E-state index in [1.165, 1.54) is 6.07 Å². The number of halogens is 3. The van der Waals surface area contributed by atoms with Gasteiger partial charge in [0.1, 0.15) is 5.82 Å². The molecule has 1 aromatic heterocycles. The van der Waals surface area contributed by atoms with Crippen molar-refractivity contribution in [3.05, 3.63) is 52.4 Å². The number of benzene rings is 1. The summed E-state index contributed by atoms with van der Waals surface area (Å²) >= 11 is 12.2. The van der Waals surface area contributed by atoms with E-state index in [-0.39, 0.29) is 11.1 Å². The second-order valence-corrected chi connectivity index (χ2v) is 5.74. The van der Waals surface area contributed by atoms with Gasteiger partial charge in [-0.05, 0) is 43.3 Å². The zero-order valence-electron chi connectivity index (χ0n) is 11.2. The molecular weight excluding hydrogens is 312 g/mol. The van der Waals surface area contributed by atoms with E-state index in [0.717, 1.165) is 25.2 Å². The van der Waals surface area contributed by atoms with Gasteiger partial charge in [0, 0.05) is 24.5 Å². The lowest BCUT2D eigenvalue weighted by atomic mass is 10.1. The van der Waals surface area contributed by atoms with Crippen LogP contribution in [0.2, 0.25) is 10.0 Å². The second kappa shape index (κ2) is 6.18. The monoisotopic (exact) mass is 325 g/mol. The quantitative estimate of drug-likeness (QED) is 0.923. The van der Waals surface area contributed by atoms with E-state index in [0.29, 0.717) is 10.8 Å². The molecule has 1 saturated heterocycles. The lowest BCUT2D eigenvalue weighted by Gasteiger charge is -2.30. The fourth-order valence-corrected chi connectivity index (χ4v) is 2.94. The standard InChI is InChI=1S/C15H14Cl2FN3/c16-12-2-1-6-20-15(12)21(11-5-7-19-9-11)10-3-4-14(18)13(17)8-10/h1-4,6,8,11,19H,5,7,9H2/t11-/m0/s1. The number of nitrogens with zero attached hydrogens (tertiary/aromatic N) is 2. The Morgan fingerprint density at radius 3 is 2.76 bits per heavy atom.